The van der Waals surface area contributed by atoms with Gasteiger partial charge in [0.15, 0.2) is 0 Å². The van der Waals surface area contributed by atoms with Crippen molar-refractivity contribution in [3.63, 3.8) is 0 Å². The SMILES string of the molecule is N#CCCCCNC(c1cccs1)C1CC1. The van der Waals surface area contributed by atoms with Gasteiger partial charge in [0.05, 0.1) is 6.07 Å². The van der Waals surface area contributed by atoms with E-state index >= 15 is 0 Å². The molecule has 1 aliphatic rings. The molecule has 0 aromatic carbocycles. The minimum Gasteiger partial charge on any atom is -0.309 e. The van der Waals surface area contributed by atoms with Crippen molar-refractivity contribution >= 4 is 11.3 Å². The van der Waals surface area contributed by atoms with Gasteiger partial charge in [-0.25, -0.2) is 0 Å². The van der Waals surface area contributed by atoms with E-state index in [-0.39, 0.29) is 0 Å². The van der Waals surface area contributed by atoms with Crippen LogP contribution in [0.4, 0.5) is 0 Å². The van der Waals surface area contributed by atoms with Crippen molar-refractivity contribution in [1.29, 1.82) is 5.26 Å². The zero-order valence-electron chi connectivity index (χ0n) is 9.48. The fourth-order valence-electron chi connectivity index (χ4n) is 1.98. The first-order chi connectivity index (χ1) is 7.92. The lowest BCUT2D eigenvalue weighted by atomic mass is 10.1. The van der Waals surface area contributed by atoms with E-state index in [9.17, 15) is 0 Å². The minimum absolute atomic E-state index is 0.571. The van der Waals surface area contributed by atoms with E-state index < -0.39 is 0 Å². The molecule has 16 heavy (non-hydrogen) atoms. The third-order valence-corrected chi connectivity index (χ3v) is 3.98. The number of unbranched alkanes of at least 4 members (excludes halogenated alkanes) is 2. The van der Waals surface area contributed by atoms with E-state index in [1.165, 1.54) is 17.7 Å². The Morgan fingerprint density at radius 3 is 3.00 bits per heavy atom. The Hall–Kier alpha value is -0.850. The summed E-state index contributed by atoms with van der Waals surface area (Å²) in [5.74, 6) is 0.856. The molecule has 1 aliphatic carbocycles. The maximum absolute atomic E-state index is 8.45. The van der Waals surface area contributed by atoms with Gasteiger partial charge in [-0.1, -0.05) is 6.07 Å². The van der Waals surface area contributed by atoms with Crippen molar-refractivity contribution in [3.05, 3.63) is 22.4 Å². The summed E-state index contributed by atoms with van der Waals surface area (Å²) in [5, 5.41) is 14.3. The molecule has 2 rings (SSSR count). The predicted octanol–water partition coefficient (Wildman–Crippen LogP) is 3.48. The van der Waals surface area contributed by atoms with Crippen LogP contribution in [0.2, 0.25) is 0 Å². The number of hydrogen-bond acceptors (Lipinski definition) is 3. The molecule has 1 saturated carbocycles. The summed E-state index contributed by atoms with van der Waals surface area (Å²) < 4.78 is 0. The molecule has 0 saturated heterocycles. The van der Waals surface area contributed by atoms with Crippen molar-refractivity contribution in [3.8, 4) is 6.07 Å². The normalized spacial score (nSPS) is 16.9. The fourth-order valence-corrected chi connectivity index (χ4v) is 2.88. The molecule has 0 radical (unpaired) electrons. The summed E-state index contributed by atoms with van der Waals surface area (Å²) >= 11 is 1.85. The first-order valence-electron chi connectivity index (χ1n) is 6.05. The maximum atomic E-state index is 8.45. The molecule has 1 aromatic rings. The average molecular weight is 234 g/mol. The van der Waals surface area contributed by atoms with Crippen molar-refractivity contribution < 1.29 is 0 Å². The largest absolute Gasteiger partial charge is 0.309 e. The summed E-state index contributed by atoms with van der Waals surface area (Å²) in [6.07, 6.45) is 5.56. The van der Waals surface area contributed by atoms with E-state index in [0.717, 1.165) is 25.3 Å². The second kappa shape index (κ2) is 6.03. The predicted molar refractivity (Wildman–Crippen MR) is 67.3 cm³/mol. The molecular formula is C13H18N2S. The van der Waals surface area contributed by atoms with Gasteiger partial charge < -0.3 is 5.32 Å². The number of nitrogens with one attached hydrogen (secondary N) is 1. The topological polar surface area (TPSA) is 35.8 Å². The summed E-state index contributed by atoms with van der Waals surface area (Å²) in [5.41, 5.74) is 0. The van der Waals surface area contributed by atoms with Crippen LogP contribution in [0.25, 0.3) is 0 Å². The minimum atomic E-state index is 0.571. The zero-order valence-corrected chi connectivity index (χ0v) is 10.3. The molecule has 2 nitrogen and oxygen atoms in total. The van der Waals surface area contributed by atoms with Crippen LogP contribution < -0.4 is 5.32 Å². The highest BCUT2D eigenvalue weighted by Crippen LogP contribution is 2.42. The average Bonchev–Trinajstić information content (AvgIpc) is 2.98. The van der Waals surface area contributed by atoms with Crippen molar-refractivity contribution in [2.45, 2.75) is 38.1 Å². The Morgan fingerprint density at radius 2 is 2.38 bits per heavy atom. The lowest BCUT2D eigenvalue weighted by Crippen LogP contribution is -2.23. The number of nitriles is 1. The van der Waals surface area contributed by atoms with Gasteiger partial charge in [-0.05, 0) is 49.6 Å². The fraction of sp³-hybridized carbons (Fsp3) is 0.615. The Labute approximate surface area is 101 Å². The highest BCUT2D eigenvalue weighted by Gasteiger charge is 2.32. The monoisotopic (exact) mass is 234 g/mol. The summed E-state index contributed by atoms with van der Waals surface area (Å²) in [4.78, 5) is 1.47. The molecule has 0 aliphatic heterocycles. The number of hydrogen-bond donors (Lipinski definition) is 1. The third-order valence-electron chi connectivity index (χ3n) is 3.02. The van der Waals surface area contributed by atoms with E-state index in [1.807, 2.05) is 11.3 Å². The molecule has 1 unspecified atom stereocenters. The van der Waals surface area contributed by atoms with Crippen LogP contribution in [0.15, 0.2) is 17.5 Å². The Kier molecular flexibility index (Phi) is 4.38. The van der Waals surface area contributed by atoms with Gasteiger partial charge in [-0.3, -0.25) is 0 Å². The number of thiophene rings is 1. The molecule has 86 valence electrons. The molecule has 0 bridgehead atoms. The third kappa shape index (κ3) is 3.33. The van der Waals surface area contributed by atoms with E-state index in [4.69, 9.17) is 5.26 Å². The van der Waals surface area contributed by atoms with Crippen LogP contribution in [0.5, 0.6) is 0 Å². The Balaban J connectivity index is 1.74. The lowest BCUT2D eigenvalue weighted by molar-refractivity contribution is 0.477. The maximum Gasteiger partial charge on any atom is 0.0621 e. The van der Waals surface area contributed by atoms with Gasteiger partial charge in [0, 0.05) is 17.3 Å². The molecule has 1 aromatic heterocycles. The van der Waals surface area contributed by atoms with Crippen LogP contribution in [-0.2, 0) is 0 Å². The second-order valence-electron chi connectivity index (χ2n) is 4.40. The van der Waals surface area contributed by atoms with Crippen LogP contribution in [0, 0.1) is 17.2 Å². The highest BCUT2D eigenvalue weighted by atomic mass is 32.1. The van der Waals surface area contributed by atoms with Gasteiger partial charge in [0.1, 0.15) is 0 Å². The molecule has 1 heterocycles. The van der Waals surface area contributed by atoms with Crippen LogP contribution in [-0.4, -0.2) is 6.54 Å². The zero-order chi connectivity index (χ0) is 11.2. The van der Waals surface area contributed by atoms with Gasteiger partial charge in [0.25, 0.3) is 0 Å². The van der Waals surface area contributed by atoms with Crippen molar-refractivity contribution in [2.75, 3.05) is 6.54 Å². The summed E-state index contributed by atoms with van der Waals surface area (Å²) in [7, 11) is 0. The van der Waals surface area contributed by atoms with E-state index in [2.05, 4.69) is 28.9 Å². The molecule has 3 heteroatoms. The van der Waals surface area contributed by atoms with Crippen LogP contribution >= 0.6 is 11.3 Å². The van der Waals surface area contributed by atoms with Gasteiger partial charge in [-0.15, -0.1) is 11.3 Å². The van der Waals surface area contributed by atoms with Gasteiger partial charge in [-0.2, -0.15) is 5.26 Å². The van der Waals surface area contributed by atoms with E-state index in [1.54, 1.807) is 0 Å². The lowest BCUT2D eigenvalue weighted by Gasteiger charge is -2.16. The van der Waals surface area contributed by atoms with Crippen LogP contribution in [0.3, 0.4) is 0 Å². The molecule has 1 fully saturated rings. The Bertz CT molecular complexity index is 335. The second-order valence-corrected chi connectivity index (χ2v) is 5.38. The Morgan fingerprint density at radius 1 is 1.50 bits per heavy atom. The molecular weight excluding hydrogens is 216 g/mol. The van der Waals surface area contributed by atoms with E-state index in [0.29, 0.717) is 12.5 Å². The molecule has 1 atom stereocenters. The van der Waals surface area contributed by atoms with Crippen molar-refractivity contribution in [1.82, 2.24) is 5.32 Å². The molecule has 0 spiro atoms. The quantitative estimate of drug-likeness (QED) is 0.733. The summed E-state index contributed by atoms with van der Waals surface area (Å²) in [6, 6.07) is 7.13. The van der Waals surface area contributed by atoms with Gasteiger partial charge in [0.2, 0.25) is 0 Å². The van der Waals surface area contributed by atoms with Gasteiger partial charge >= 0.3 is 0 Å². The highest BCUT2D eigenvalue weighted by molar-refractivity contribution is 7.10. The number of nitrogens with zero attached hydrogens (tertiary/aromatic N) is 1. The standard InChI is InChI=1S/C13H18N2S/c14-8-2-1-3-9-15-13(11-6-7-11)12-5-4-10-16-12/h4-5,10-11,13,15H,1-3,6-7,9H2. The first-order valence-corrected chi connectivity index (χ1v) is 6.93. The van der Waals surface area contributed by atoms with Crippen LogP contribution in [0.1, 0.15) is 43.0 Å². The first kappa shape index (κ1) is 11.6. The molecule has 1 N–H and O–H groups in total. The smallest absolute Gasteiger partial charge is 0.0621 e. The van der Waals surface area contributed by atoms with Crippen molar-refractivity contribution in [2.24, 2.45) is 5.92 Å². The molecule has 0 amide bonds. The summed E-state index contributed by atoms with van der Waals surface area (Å²) in [6.45, 7) is 1.04. The number of rotatable bonds is 7.